The van der Waals surface area contributed by atoms with Gasteiger partial charge in [0.25, 0.3) is 0 Å². The predicted molar refractivity (Wildman–Crippen MR) is 91.0 cm³/mol. The third-order valence-corrected chi connectivity index (χ3v) is 4.38. The van der Waals surface area contributed by atoms with Crippen LogP contribution in [0.15, 0.2) is 24.3 Å². The highest BCUT2D eigenvalue weighted by Gasteiger charge is 2.27. The summed E-state index contributed by atoms with van der Waals surface area (Å²) >= 11 is 0. The maximum Gasteiger partial charge on any atom is 0.315 e. The molecule has 1 fully saturated rings. The predicted octanol–water partition coefficient (Wildman–Crippen LogP) is 2.58. The van der Waals surface area contributed by atoms with Gasteiger partial charge in [0.2, 0.25) is 5.91 Å². The summed E-state index contributed by atoms with van der Waals surface area (Å²) in [6.07, 6.45) is 3.25. The van der Waals surface area contributed by atoms with Crippen molar-refractivity contribution < 1.29 is 9.59 Å². The van der Waals surface area contributed by atoms with E-state index in [-0.39, 0.29) is 18.0 Å². The summed E-state index contributed by atoms with van der Waals surface area (Å²) < 4.78 is 0. The molecule has 0 radical (unpaired) electrons. The molecule has 3 amide bonds. The Morgan fingerprint density at radius 2 is 1.96 bits per heavy atom. The Labute approximate surface area is 138 Å². The first-order chi connectivity index (χ1) is 11.0. The standard InChI is InChI=1S/C18H27N3O2/c1-13-7-9-16(10-8-13)12-19-18(23)20-15(3)17(22)21-11-5-4-6-14(21)2/h7-10,14-15H,4-6,11-12H2,1-3H3,(H2,19,20,23). The summed E-state index contributed by atoms with van der Waals surface area (Å²) in [4.78, 5) is 26.3. The summed E-state index contributed by atoms with van der Waals surface area (Å²) in [5, 5.41) is 5.54. The van der Waals surface area contributed by atoms with Gasteiger partial charge >= 0.3 is 6.03 Å². The third-order valence-electron chi connectivity index (χ3n) is 4.38. The van der Waals surface area contributed by atoms with Gasteiger partial charge in [-0.3, -0.25) is 4.79 Å². The minimum Gasteiger partial charge on any atom is -0.338 e. The first-order valence-corrected chi connectivity index (χ1v) is 8.38. The van der Waals surface area contributed by atoms with Crippen molar-refractivity contribution in [1.29, 1.82) is 0 Å². The fraction of sp³-hybridized carbons (Fsp3) is 0.556. The highest BCUT2D eigenvalue weighted by molar-refractivity contribution is 5.87. The van der Waals surface area contributed by atoms with Crippen LogP contribution in [0, 0.1) is 6.92 Å². The van der Waals surface area contributed by atoms with E-state index in [1.807, 2.05) is 36.1 Å². The van der Waals surface area contributed by atoms with Crippen molar-refractivity contribution in [2.45, 2.75) is 58.7 Å². The van der Waals surface area contributed by atoms with E-state index in [0.29, 0.717) is 6.54 Å². The summed E-state index contributed by atoms with van der Waals surface area (Å²) in [5.74, 6) is 0.00249. The molecule has 1 aliphatic heterocycles. The van der Waals surface area contributed by atoms with Crippen LogP contribution < -0.4 is 10.6 Å². The minimum absolute atomic E-state index is 0.00249. The molecular formula is C18H27N3O2. The molecule has 1 aliphatic rings. The molecule has 2 unspecified atom stereocenters. The number of piperidine rings is 1. The summed E-state index contributed by atoms with van der Waals surface area (Å²) in [6, 6.07) is 7.44. The summed E-state index contributed by atoms with van der Waals surface area (Å²) in [5.41, 5.74) is 2.22. The van der Waals surface area contributed by atoms with Crippen molar-refractivity contribution >= 4 is 11.9 Å². The van der Waals surface area contributed by atoms with Crippen LogP contribution in [0.25, 0.3) is 0 Å². The van der Waals surface area contributed by atoms with Crippen LogP contribution in [0.1, 0.15) is 44.2 Å². The van der Waals surface area contributed by atoms with E-state index < -0.39 is 6.04 Å². The number of urea groups is 1. The lowest BCUT2D eigenvalue weighted by atomic mass is 10.0. The first-order valence-electron chi connectivity index (χ1n) is 8.38. The van der Waals surface area contributed by atoms with E-state index in [4.69, 9.17) is 0 Å². The first kappa shape index (κ1) is 17.3. The number of nitrogens with one attached hydrogen (secondary N) is 2. The van der Waals surface area contributed by atoms with E-state index in [2.05, 4.69) is 17.6 Å². The average Bonchev–Trinajstić information content (AvgIpc) is 2.54. The third kappa shape index (κ3) is 4.98. The Balaban J connectivity index is 1.79. The topological polar surface area (TPSA) is 61.4 Å². The zero-order valence-electron chi connectivity index (χ0n) is 14.3. The second kappa shape index (κ2) is 7.99. The lowest BCUT2D eigenvalue weighted by molar-refractivity contribution is -0.136. The van der Waals surface area contributed by atoms with Gasteiger partial charge < -0.3 is 15.5 Å². The fourth-order valence-electron chi connectivity index (χ4n) is 2.87. The smallest absolute Gasteiger partial charge is 0.315 e. The van der Waals surface area contributed by atoms with Crippen molar-refractivity contribution in [3.63, 3.8) is 0 Å². The zero-order valence-corrected chi connectivity index (χ0v) is 14.3. The molecular weight excluding hydrogens is 290 g/mol. The maximum atomic E-state index is 12.4. The second-order valence-corrected chi connectivity index (χ2v) is 6.41. The number of rotatable bonds is 4. The molecule has 23 heavy (non-hydrogen) atoms. The Kier molecular flexibility index (Phi) is 6.02. The van der Waals surface area contributed by atoms with Crippen molar-refractivity contribution in [2.24, 2.45) is 0 Å². The maximum absolute atomic E-state index is 12.4. The van der Waals surface area contributed by atoms with Crippen molar-refractivity contribution in [3.05, 3.63) is 35.4 Å². The van der Waals surface area contributed by atoms with Gasteiger partial charge in [0.15, 0.2) is 0 Å². The highest BCUT2D eigenvalue weighted by atomic mass is 16.2. The van der Waals surface area contributed by atoms with Gasteiger partial charge in [-0.05, 0) is 45.6 Å². The van der Waals surface area contributed by atoms with Crippen molar-refractivity contribution in [2.75, 3.05) is 6.54 Å². The van der Waals surface area contributed by atoms with E-state index in [1.165, 1.54) is 12.0 Å². The van der Waals surface area contributed by atoms with Crippen LogP contribution >= 0.6 is 0 Å². The van der Waals surface area contributed by atoms with E-state index in [1.54, 1.807) is 6.92 Å². The largest absolute Gasteiger partial charge is 0.338 e. The Morgan fingerprint density at radius 3 is 2.61 bits per heavy atom. The molecule has 0 aromatic heterocycles. The van der Waals surface area contributed by atoms with Crippen LogP contribution in [0.4, 0.5) is 4.79 Å². The molecule has 1 heterocycles. The molecule has 126 valence electrons. The molecule has 0 saturated carbocycles. The number of likely N-dealkylation sites (tertiary alicyclic amines) is 1. The number of carbonyl (C=O) groups is 2. The SMILES string of the molecule is Cc1ccc(CNC(=O)NC(C)C(=O)N2CCCCC2C)cc1. The normalized spacial score (nSPS) is 19.1. The number of nitrogens with zero attached hydrogens (tertiary/aromatic N) is 1. The van der Waals surface area contributed by atoms with Gasteiger partial charge in [0, 0.05) is 19.1 Å². The lowest BCUT2D eigenvalue weighted by Gasteiger charge is -2.35. The molecule has 2 atom stereocenters. The van der Waals surface area contributed by atoms with Crippen LogP contribution in [-0.4, -0.2) is 35.5 Å². The fourth-order valence-corrected chi connectivity index (χ4v) is 2.87. The monoisotopic (exact) mass is 317 g/mol. The number of amides is 3. The van der Waals surface area contributed by atoms with E-state index >= 15 is 0 Å². The molecule has 5 nitrogen and oxygen atoms in total. The van der Waals surface area contributed by atoms with Gasteiger partial charge in [-0.2, -0.15) is 0 Å². The van der Waals surface area contributed by atoms with Crippen LogP contribution in [0.2, 0.25) is 0 Å². The Hall–Kier alpha value is -2.04. The highest BCUT2D eigenvalue weighted by Crippen LogP contribution is 2.17. The van der Waals surface area contributed by atoms with Crippen molar-refractivity contribution in [1.82, 2.24) is 15.5 Å². The summed E-state index contributed by atoms with van der Waals surface area (Å²) in [7, 11) is 0. The number of hydrogen-bond donors (Lipinski definition) is 2. The quantitative estimate of drug-likeness (QED) is 0.896. The number of carbonyl (C=O) groups excluding carboxylic acids is 2. The van der Waals surface area contributed by atoms with E-state index in [0.717, 1.165) is 24.9 Å². The zero-order chi connectivity index (χ0) is 16.8. The molecule has 2 N–H and O–H groups in total. The second-order valence-electron chi connectivity index (χ2n) is 6.41. The Morgan fingerprint density at radius 1 is 1.26 bits per heavy atom. The molecule has 1 saturated heterocycles. The van der Waals surface area contributed by atoms with Gasteiger partial charge in [0.1, 0.15) is 6.04 Å². The minimum atomic E-state index is -0.506. The molecule has 2 rings (SSSR count). The van der Waals surface area contributed by atoms with Gasteiger partial charge in [-0.25, -0.2) is 4.79 Å². The van der Waals surface area contributed by atoms with Gasteiger partial charge in [-0.15, -0.1) is 0 Å². The number of hydrogen-bond acceptors (Lipinski definition) is 2. The van der Waals surface area contributed by atoms with Gasteiger partial charge in [0.05, 0.1) is 0 Å². The van der Waals surface area contributed by atoms with Crippen molar-refractivity contribution in [3.8, 4) is 0 Å². The molecule has 1 aromatic carbocycles. The molecule has 0 spiro atoms. The lowest BCUT2D eigenvalue weighted by Crippen LogP contribution is -2.53. The molecule has 5 heteroatoms. The average molecular weight is 317 g/mol. The molecule has 1 aromatic rings. The van der Waals surface area contributed by atoms with Crippen LogP contribution in [-0.2, 0) is 11.3 Å². The van der Waals surface area contributed by atoms with Crippen LogP contribution in [0.3, 0.4) is 0 Å². The van der Waals surface area contributed by atoms with Gasteiger partial charge in [-0.1, -0.05) is 29.8 Å². The Bertz CT molecular complexity index is 542. The molecule has 0 aliphatic carbocycles. The van der Waals surface area contributed by atoms with Crippen LogP contribution in [0.5, 0.6) is 0 Å². The number of benzene rings is 1. The summed E-state index contributed by atoms with van der Waals surface area (Å²) in [6.45, 7) is 7.08. The number of aryl methyl sites for hydroxylation is 1. The molecule has 0 bridgehead atoms. The van der Waals surface area contributed by atoms with E-state index in [9.17, 15) is 9.59 Å².